The maximum Gasteiger partial charge on any atom is 1.00 e. The van der Waals surface area contributed by atoms with Crippen LogP contribution in [-0.4, -0.2) is 221 Å². The normalized spacial score (nSPS) is 19.5. The van der Waals surface area contributed by atoms with Gasteiger partial charge < -0.3 is 104 Å². The van der Waals surface area contributed by atoms with Crippen molar-refractivity contribution in [3.8, 4) is 34.0 Å². The fraction of sp³-hybridized carbons (Fsp3) is 0.578. The van der Waals surface area contributed by atoms with Gasteiger partial charge in [-0.15, -0.1) is 43.0 Å². The van der Waals surface area contributed by atoms with Crippen LogP contribution in [0.4, 0.5) is 9.59 Å². The van der Waals surface area contributed by atoms with E-state index in [4.69, 9.17) is 53.7 Å². The number of halogens is 1. The van der Waals surface area contributed by atoms with Gasteiger partial charge in [0.2, 0.25) is 11.8 Å². The molecule has 0 unspecified atom stereocenters. The number of carbonyl (C=O) groups excluding carboxylic acids is 9. The molecule has 5 fully saturated rings. The fourth-order valence-electron chi connectivity index (χ4n) is 14.7. The van der Waals surface area contributed by atoms with E-state index in [1.165, 1.54) is 61.0 Å². The van der Waals surface area contributed by atoms with E-state index in [1.807, 2.05) is 146 Å². The molecule has 14 rings (SSSR count). The van der Waals surface area contributed by atoms with Crippen molar-refractivity contribution >= 4 is 123 Å². The Morgan fingerprint density at radius 2 is 0.780 bits per heavy atom. The van der Waals surface area contributed by atoms with Gasteiger partial charge in [0.05, 0.1) is 25.7 Å². The maximum atomic E-state index is 12.4. The van der Waals surface area contributed by atoms with Crippen molar-refractivity contribution in [3.05, 3.63) is 156 Å². The Morgan fingerprint density at radius 1 is 0.467 bits per heavy atom. The Labute approximate surface area is 908 Å². The molecule has 3 aromatic carbocycles. The van der Waals surface area contributed by atoms with E-state index in [1.54, 1.807) is 39.8 Å². The van der Waals surface area contributed by atoms with Gasteiger partial charge in [0.15, 0.2) is 56.8 Å². The molecule has 5 saturated carbocycles. The largest absolute Gasteiger partial charge is 1.00 e. The number of rotatable bonds is 32. The van der Waals surface area contributed by atoms with Gasteiger partial charge in [-0.1, -0.05) is 182 Å². The number of aliphatic carboxylic acids is 1. The van der Waals surface area contributed by atoms with Crippen molar-refractivity contribution in [2.45, 2.75) is 335 Å². The zero-order valence-corrected chi connectivity index (χ0v) is 95.5. The molecule has 0 radical (unpaired) electrons. The number of alkyl carbamates (subject to hydrolysis) is 2. The molecule has 48 heteroatoms. The monoisotopic (exact) mass is 2190 g/mol. The molecule has 6 amide bonds. The van der Waals surface area contributed by atoms with Gasteiger partial charge in [0.1, 0.15) is 71.8 Å². The van der Waals surface area contributed by atoms with Crippen molar-refractivity contribution in [1.82, 2.24) is 78.1 Å². The topological polar surface area (TPSA) is 621 Å². The Balaban J connectivity index is 0.000000309. The van der Waals surface area contributed by atoms with Crippen LogP contribution in [0.15, 0.2) is 123 Å². The van der Waals surface area contributed by atoms with Gasteiger partial charge in [-0.2, -0.15) is 0 Å². The minimum Gasteiger partial charge on any atom is -0.547 e. The molecule has 822 valence electrons. The number of carboxylic acids is 2. The molecule has 0 aliphatic heterocycles. The average molecular weight is 2190 g/mol. The summed E-state index contributed by atoms with van der Waals surface area (Å²) in [5.41, 5.74) is 9.90. The number of nitrogens with two attached hydrogens (primary N) is 2. The number of ether oxygens (including phenoxy) is 3. The molecular formula is C102H151ClLiN17O24S3Si2. The summed E-state index contributed by atoms with van der Waals surface area (Å²) in [4.78, 5) is 114. The molecule has 9 aromatic rings. The summed E-state index contributed by atoms with van der Waals surface area (Å²) in [6, 6.07) is 33.9. The Hall–Kier alpha value is -10.5. The number of ketones is 1. The zero-order valence-electron chi connectivity index (χ0n) is 90.2. The van der Waals surface area contributed by atoms with Crippen LogP contribution >= 0.6 is 46.4 Å². The van der Waals surface area contributed by atoms with Gasteiger partial charge in [0.25, 0.3) is 11.8 Å². The van der Waals surface area contributed by atoms with Gasteiger partial charge in [-0.05, 0) is 213 Å². The number of Topliss-reactive ketones (excluding diaryl/α,β-unsaturated/α-hetero) is 1. The van der Waals surface area contributed by atoms with Crippen LogP contribution in [0.1, 0.15) is 282 Å². The van der Waals surface area contributed by atoms with Crippen LogP contribution in [0.25, 0.3) is 34.0 Å². The van der Waals surface area contributed by atoms with Crippen LogP contribution in [-0.2, 0) is 66.3 Å². The van der Waals surface area contributed by atoms with Crippen LogP contribution in [0.5, 0.6) is 0 Å². The Morgan fingerprint density at radius 3 is 1.06 bits per heavy atom. The average Bonchev–Trinajstić information content (AvgIpc) is 1.65. The number of aliphatic hydroxyl groups is 4. The molecule has 41 nitrogen and oxygen atoms in total. The molecule has 0 bridgehead atoms. The summed E-state index contributed by atoms with van der Waals surface area (Å²) < 4.78 is 41.5. The number of esters is 1. The van der Waals surface area contributed by atoms with Crippen LogP contribution in [0.2, 0.25) is 36.3 Å². The standard InChI is InChI=1S/C21H40N2O5Si.2C19H20N4O3S.C11H21N3O3.C10H7NO3.C9H15N3OS.C9H20O3Si.C4H8O3.ClH.Li/c1-14(28-29(8,9)21(5,6)7)18(25)22-13-17(24)12-15-10-16(11-15)23-19(26)27-20(2,3)4;2*1-11(24)19-22-21-17(27-19)9-12-7-14(8-12)20-18(25)15-10-16(26-23-15)13-5-3-2-4-6-13;1-11(2,3)17-10(16)13-8-4-7(5-8)6-9(15)14-12;12-10(13)8-6-9(14-11-8)7-4-2-1-3-5-7;1-5(13)9-12-11-8(14-9)4-6-2-7(10)3-6;1-7(8(10)11)12-13(5,6)9(2,3)4;1-3(5)4(6)7-2;;/h14-16H,10-13H2,1-9H3,(H,22,25)(H,23,26);2*2-6,10-12,14,24H,7-9H2,1H3,(H,20,25);7-8H,4-6,12H2,1-3H3,(H,13,16)(H,14,15);1-6H,(H,12,13);5-7,13H,2-4,10H2,1H3;7H,1-6H3,(H,10,11);3,5H,1-2H3;1H;/q;;;;;;;;;+1/p-1/t14-,15?,16?;2*11-,12?,14?;;;5-,6?,7?;7-;3-;;/m000..000../s1. The number of carboxylic acid groups (broad SMARTS) is 2. The first-order valence-corrected chi connectivity index (χ1v) is 57.7. The number of methoxy groups -OCH3 is 1. The molecule has 5 aliphatic carbocycles. The molecule has 15 N–H and O–H groups in total. The summed E-state index contributed by atoms with van der Waals surface area (Å²) >= 11 is 4.41. The number of amides is 6. The van der Waals surface area contributed by atoms with Crippen molar-refractivity contribution < 1.29 is 134 Å². The van der Waals surface area contributed by atoms with E-state index in [2.05, 4.69) is 137 Å². The van der Waals surface area contributed by atoms with Crippen LogP contribution < -0.4 is 67.6 Å². The first kappa shape index (κ1) is 130. The number of aliphatic hydroxyl groups excluding tert-OH is 4. The second-order valence-corrected chi connectivity index (χ2v) is 55.4. The predicted molar refractivity (Wildman–Crippen MR) is 567 cm³/mol. The Kier molecular flexibility index (Phi) is 52.2. The van der Waals surface area contributed by atoms with E-state index in [9.17, 15) is 68.4 Å². The molecular weight excluding hydrogens is 2040 g/mol. The third kappa shape index (κ3) is 45.0. The number of nitrogens with one attached hydrogen (secondary N) is 6. The molecule has 150 heavy (non-hydrogen) atoms. The first-order valence-electron chi connectivity index (χ1n) is 49.4. The number of carbonyl (C=O) groups is 10. The van der Waals surface area contributed by atoms with E-state index < -0.39 is 94.6 Å². The van der Waals surface area contributed by atoms with Gasteiger partial charge in [-0.3, -0.25) is 29.4 Å². The second-order valence-electron chi connectivity index (χ2n) is 42.6. The molecule has 0 saturated heterocycles. The number of nitrogens with zero attached hydrogens (tertiary/aromatic N) is 9. The number of benzene rings is 3. The molecule has 0 spiro atoms. The van der Waals surface area contributed by atoms with E-state index in [0.717, 1.165) is 115 Å². The first-order chi connectivity index (χ1) is 69.1. The van der Waals surface area contributed by atoms with Crippen LogP contribution in [0.3, 0.4) is 0 Å². The number of hydrogen-bond donors (Lipinski definition) is 13. The fourth-order valence-corrected chi connectivity index (χ4v) is 20.1. The maximum absolute atomic E-state index is 12.4. The third-order valence-electron chi connectivity index (χ3n) is 25.0. The van der Waals surface area contributed by atoms with Crippen molar-refractivity contribution in [2.24, 2.45) is 41.2 Å². The van der Waals surface area contributed by atoms with Crippen molar-refractivity contribution in [1.29, 1.82) is 0 Å². The Bertz CT molecular complexity index is 5530. The summed E-state index contributed by atoms with van der Waals surface area (Å²) in [6.45, 7) is 41.5. The van der Waals surface area contributed by atoms with Crippen LogP contribution in [0, 0.1) is 29.6 Å². The zero-order chi connectivity index (χ0) is 110. The summed E-state index contributed by atoms with van der Waals surface area (Å²) in [5.74, 6) is 5.13. The molecule has 6 heterocycles. The van der Waals surface area contributed by atoms with Crippen molar-refractivity contribution in [2.75, 3.05) is 13.7 Å². The summed E-state index contributed by atoms with van der Waals surface area (Å²) in [7, 11) is -2.76. The number of hydrazine groups is 1. The predicted octanol–water partition coefficient (Wildman–Crippen LogP) is 11.5. The SMILES string of the molecule is CC(C)(C)OC(=O)NC1CC(CC(=O)NN)C1.COC(=O)[C@H](C)O.C[C@H](O)c1nnc(CC2CC(N)C2)s1.C[C@H](O)c1nnc(CC2CC(NC(=O)c3cc(-c4ccccc4)on3)C2)s1.C[C@H](O)c1nnc(CC2CC(NC(=O)c3cc(-c4ccccc4)on3)C2)s1.C[C@H](O[Si](C)(C)C(C)(C)C)C(=O)NCC(=O)CC1CC(NC(=O)OC(C)(C)C)C1.C[C@H](O[Si](C)(C)C(C)(C)C)C(=O)[O-].Cl.O=C(O)c1cc(-c2ccccc2)on1.[Li+]. The smallest absolute Gasteiger partial charge is 0.547 e. The molecule has 5 aliphatic rings. The van der Waals surface area contributed by atoms with E-state index in [-0.39, 0.29) is 113 Å². The molecule has 6 aromatic heterocycles. The summed E-state index contributed by atoms with van der Waals surface area (Å²) in [6.07, 6.45) is 7.53. The summed E-state index contributed by atoms with van der Waals surface area (Å²) in [5, 5.41) is 110. The third-order valence-corrected chi connectivity index (χ3v) is 37.5. The van der Waals surface area contributed by atoms with Gasteiger partial charge in [-0.25, -0.2) is 25.0 Å². The van der Waals surface area contributed by atoms with E-state index in [0.29, 0.717) is 86.2 Å². The number of hydrogen-bond acceptors (Lipinski definition) is 37. The second kappa shape index (κ2) is 60.2. The quantitative estimate of drug-likeness (QED) is 0.00465. The van der Waals surface area contributed by atoms with Gasteiger partial charge >= 0.3 is 43.0 Å². The minimum absolute atomic E-state index is 0. The minimum atomic E-state index is -2.04. The van der Waals surface area contributed by atoms with Crippen molar-refractivity contribution in [3.63, 3.8) is 0 Å². The molecule has 6 atom stereocenters. The number of aromatic carboxylic acids is 1. The number of aromatic nitrogens is 9. The van der Waals surface area contributed by atoms with E-state index >= 15 is 0 Å². The van der Waals surface area contributed by atoms with Gasteiger partial charge in [0, 0.05) is 97.2 Å².